The Labute approximate surface area is 259 Å². The highest BCUT2D eigenvalue weighted by atomic mass is 15.0. The normalized spacial score (nSPS) is 11.6. The molecule has 0 radical (unpaired) electrons. The van der Waals surface area contributed by atoms with Crippen LogP contribution in [0.1, 0.15) is 0 Å². The lowest BCUT2D eigenvalue weighted by atomic mass is 9.92. The van der Waals surface area contributed by atoms with Gasteiger partial charge >= 0.3 is 0 Å². The molecule has 0 amide bonds. The molecule has 4 heteroatoms. The van der Waals surface area contributed by atoms with Crippen LogP contribution in [0.2, 0.25) is 0 Å². The van der Waals surface area contributed by atoms with Crippen molar-refractivity contribution in [3.8, 4) is 39.5 Å². The summed E-state index contributed by atoms with van der Waals surface area (Å²) in [4.78, 5) is 14.7. The third kappa shape index (κ3) is 4.19. The van der Waals surface area contributed by atoms with Gasteiger partial charge in [-0.25, -0.2) is 9.97 Å². The van der Waals surface area contributed by atoms with Crippen molar-refractivity contribution < 1.29 is 0 Å². The number of hydrogen-bond acceptors (Lipinski definition) is 3. The Morgan fingerprint density at radius 3 is 2.04 bits per heavy atom. The van der Waals surface area contributed by atoms with Crippen LogP contribution >= 0.6 is 0 Å². The molecule has 0 atom stereocenters. The highest BCUT2D eigenvalue weighted by molar-refractivity contribution is 6.14. The zero-order chi connectivity index (χ0) is 29.7. The molecule has 0 fully saturated rings. The van der Waals surface area contributed by atoms with Crippen molar-refractivity contribution in [1.82, 2.24) is 19.5 Å². The Kier molecular flexibility index (Phi) is 5.78. The number of benzene rings is 5. The molecule has 45 heavy (non-hydrogen) atoms. The van der Waals surface area contributed by atoms with Crippen molar-refractivity contribution in [3.05, 3.63) is 158 Å². The molecule has 0 aliphatic rings. The number of nitrogens with zero attached hydrogens (tertiary/aromatic N) is 4. The van der Waals surface area contributed by atoms with Crippen molar-refractivity contribution in [1.29, 1.82) is 0 Å². The molecular formula is C41H26N4. The van der Waals surface area contributed by atoms with Crippen LogP contribution in [0, 0.1) is 0 Å². The molecule has 9 aromatic rings. The Balaban J connectivity index is 1.29. The molecule has 4 nitrogen and oxygen atoms in total. The predicted molar refractivity (Wildman–Crippen MR) is 185 cm³/mol. The molecular weight excluding hydrogens is 548 g/mol. The average molecular weight is 575 g/mol. The van der Waals surface area contributed by atoms with E-state index in [-0.39, 0.29) is 0 Å². The summed E-state index contributed by atoms with van der Waals surface area (Å²) < 4.78 is 2.24. The molecule has 0 spiro atoms. The molecule has 9 rings (SSSR count). The third-order valence-electron chi connectivity index (χ3n) is 8.67. The highest BCUT2D eigenvalue weighted by Gasteiger charge is 2.16. The van der Waals surface area contributed by atoms with Crippen molar-refractivity contribution in [2.75, 3.05) is 0 Å². The molecule has 0 aliphatic carbocycles. The van der Waals surface area contributed by atoms with Gasteiger partial charge in [0.1, 0.15) is 5.65 Å². The van der Waals surface area contributed by atoms with E-state index in [0.29, 0.717) is 0 Å². The molecule has 0 saturated heterocycles. The van der Waals surface area contributed by atoms with Crippen molar-refractivity contribution >= 4 is 43.5 Å². The monoisotopic (exact) mass is 574 g/mol. The fraction of sp³-hybridized carbons (Fsp3) is 0. The fourth-order valence-corrected chi connectivity index (χ4v) is 6.63. The van der Waals surface area contributed by atoms with Gasteiger partial charge in [-0.05, 0) is 93.3 Å². The Morgan fingerprint density at radius 1 is 0.422 bits per heavy atom. The SMILES string of the molecule is c1ccc(-c2cc(-c3cc4ccccc4c4ccccc34)cc(-c3cccc(-n4c5ccccc5c5cccnc54)c3)n2)nc1. The van der Waals surface area contributed by atoms with Gasteiger partial charge in [-0.1, -0.05) is 84.9 Å². The van der Waals surface area contributed by atoms with Crippen LogP contribution < -0.4 is 0 Å². The second kappa shape index (κ2) is 10.2. The number of fused-ring (bicyclic) bond motifs is 6. The molecule has 5 aromatic carbocycles. The minimum atomic E-state index is 0.837. The Hall–Kier alpha value is -6.13. The van der Waals surface area contributed by atoms with Crippen molar-refractivity contribution in [3.63, 3.8) is 0 Å². The molecule has 4 aromatic heterocycles. The number of pyridine rings is 3. The van der Waals surface area contributed by atoms with Gasteiger partial charge in [0.15, 0.2) is 0 Å². The van der Waals surface area contributed by atoms with E-state index < -0.39 is 0 Å². The fourth-order valence-electron chi connectivity index (χ4n) is 6.63. The van der Waals surface area contributed by atoms with Gasteiger partial charge in [0, 0.05) is 34.4 Å². The molecule has 4 heterocycles. The maximum absolute atomic E-state index is 5.20. The molecule has 0 unspecified atom stereocenters. The number of para-hydroxylation sites is 1. The standard InChI is InChI=1S/C41H26N4/c1-2-14-31-27(11-1)24-36(33-16-4-3-15-32(31)33)29-25-38(44-39(26-29)37-19-7-8-21-42-37)28-12-9-13-30(23-28)45-40-20-6-5-17-34(40)35-18-10-22-43-41(35)45/h1-26H. The Morgan fingerprint density at radius 2 is 1.16 bits per heavy atom. The van der Waals surface area contributed by atoms with E-state index in [1.165, 1.54) is 32.5 Å². The molecule has 0 aliphatic heterocycles. The van der Waals surface area contributed by atoms with Gasteiger partial charge < -0.3 is 0 Å². The first kappa shape index (κ1) is 25.4. The second-order valence-electron chi connectivity index (χ2n) is 11.3. The van der Waals surface area contributed by atoms with E-state index >= 15 is 0 Å². The first-order valence-corrected chi connectivity index (χ1v) is 15.1. The van der Waals surface area contributed by atoms with Gasteiger partial charge in [0.2, 0.25) is 0 Å². The summed E-state index contributed by atoms with van der Waals surface area (Å²) in [7, 11) is 0. The number of hydrogen-bond donors (Lipinski definition) is 0. The largest absolute Gasteiger partial charge is 0.294 e. The van der Waals surface area contributed by atoms with E-state index in [1.54, 1.807) is 0 Å². The van der Waals surface area contributed by atoms with E-state index in [1.807, 2.05) is 36.7 Å². The molecule has 0 bridgehead atoms. The van der Waals surface area contributed by atoms with Gasteiger partial charge in [-0.3, -0.25) is 9.55 Å². The lowest BCUT2D eigenvalue weighted by Crippen LogP contribution is -1.97. The van der Waals surface area contributed by atoms with Crippen LogP contribution in [0.5, 0.6) is 0 Å². The average Bonchev–Trinajstić information content (AvgIpc) is 3.46. The minimum absolute atomic E-state index is 0.837. The summed E-state index contributed by atoms with van der Waals surface area (Å²) >= 11 is 0. The van der Waals surface area contributed by atoms with Crippen LogP contribution in [-0.4, -0.2) is 19.5 Å². The molecule has 0 saturated carbocycles. The van der Waals surface area contributed by atoms with Crippen LogP contribution in [0.25, 0.3) is 82.9 Å². The minimum Gasteiger partial charge on any atom is -0.294 e. The van der Waals surface area contributed by atoms with Gasteiger partial charge in [0.05, 0.1) is 22.6 Å². The predicted octanol–water partition coefficient (Wildman–Crippen LogP) is 10.3. The third-order valence-corrected chi connectivity index (χ3v) is 8.67. The van der Waals surface area contributed by atoms with E-state index in [9.17, 15) is 0 Å². The summed E-state index contributed by atoms with van der Waals surface area (Å²) in [6.07, 6.45) is 3.68. The second-order valence-corrected chi connectivity index (χ2v) is 11.3. The summed E-state index contributed by atoms with van der Waals surface area (Å²) in [5.74, 6) is 0. The summed E-state index contributed by atoms with van der Waals surface area (Å²) in [5.41, 5.74) is 8.98. The van der Waals surface area contributed by atoms with Gasteiger partial charge in [-0.2, -0.15) is 0 Å². The van der Waals surface area contributed by atoms with E-state index in [4.69, 9.17) is 9.97 Å². The van der Waals surface area contributed by atoms with Gasteiger partial charge in [0.25, 0.3) is 0 Å². The first-order chi connectivity index (χ1) is 22.3. The summed E-state index contributed by atoms with van der Waals surface area (Å²) in [5, 5.41) is 7.24. The van der Waals surface area contributed by atoms with Crippen LogP contribution in [-0.2, 0) is 0 Å². The van der Waals surface area contributed by atoms with Gasteiger partial charge in [-0.15, -0.1) is 0 Å². The van der Waals surface area contributed by atoms with Crippen molar-refractivity contribution in [2.24, 2.45) is 0 Å². The van der Waals surface area contributed by atoms with E-state index in [2.05, 4.69) is 131 Å². The lowest BCUT2D eigenvalue weighted by molar-refractivity contribution is 1.13. The summed E-state index contributed by atoms with van der Waals surface area (Å²) in [6.45, 7) is 0. The first-order valence-electron chi connectivity index (χ1n) is 15.1. The van der Waals surface area contributed by atoms with Crippen molar-refractivity contribution in [2.45, 2.75) is 0 Å². The zero-order valence-electron chi connectivity index (χ0n) is 24.3. The maximum atomic E-state index is 5.20. The smallest absolute Gasteiger partial charge is 0.145 e. The molecule has 0 N–H and O–H groups in total. The summed E-state index contributed by atoms with van der Waals surface area (Å²) in [6, 6.07) is 51.2. The zero-order valence-corrected chi connectivity index (χ0v) is 24.3. The van der Waals surface area contributed by atoms with E-state index in [0.717, 1.165) is 50.4 Å². The lowest BCUT2D eigenvalue weighted by Gasteiger charge is -2.14. The topological polar surface area (TPSA) is 43.6 Å². The highest BCUT2D eigenvalue weighted by Crippen LogP contribution is 2.38. The Bertz CT molecular complexity index is 2490. The van der Waals surface area contributed by atoms with Crippen LogP contribution in [0.3, 0.4) is 0 Å². The quantitative estimate of drug-likeness (QED) is 0.196. The van der Waals surface area contributed by atoms with Crippen LogP contribution in [0.4, 0.5) is 0 Å². The van der Waals surface area contributed by atoms with Crippen LogP contribution in [0.15, 0.2) is 158 Å². The number of aromatic nitrogens is 4. The maximum Gasteiger partial charge on any atom is 0.145 e. The molecule has 210 valence electrons. The number of rotatable bonds is 4.